The van der Waals surface area contributed by atoms with Crippen LogP contribution in [-0.4, -0.2) is 34.3 Å². The molecule has 0 spiro atoms. The summed E-state index contributed by atoms with van der Waals surface area (Å²) in [5.74, 6) is 0.623. The van der Waals surface area contributed by atoms with Gasteiger partial charge in [0.05, 0.1) is 0 Å². The summed E-state index contributed by atoms with van der Waals surface area (Å²) >= 11 is 1.02. The molecule has 0 saturated carbocycles. The molecule has 0 aromatic carbocycles. The van der Waals surface area contributed by atoms with Gasteiger partial charge in [-0.1, -0.05) is 6.92 Å². The molecule has 0 N–H and O–H groups in total. The van der Waals surface area contributed by atoms with E-state index >= 15 is 0 Å². The van der Waals surface area contributed by atoms with Gasteiger partial charge in [0.2, 0.25) is 0 Å². The Balaban J connectivity index is 2.09. The van der Waals surface area contributed by atoms with Crippen molar-refractivity contribution in [2.45, 2.75) is 29.7 Å². The van der Waals surface area contributed by atoms with Gasteiger partial charge in [-0.05, 0) is 11.8 Å². The van der Waals surface area contributed by atoms with Gasteiger partial charge in [-0.15, -0.1) is 10.2 Å². The van der Waals surface area contributed by atoms with E-state index in [1.807, 2.05) is 6.92 Å². The summed E-state index contributed by atoms with van der Waals surface area (Å²) in [5.41, 5.74) is -1.02. The van der Waals surface area contributed by atoms with Crippen molar-refractivity contribution >= 4 is 17.5 Å². The van der Waals surface area contributed by atoms with E-state index in [9.17, 15) is 13.2 Å². The first-order valence-corrected chi connectivity index (χ1v) is 7.06. The first-order valence-electron chi connectivity index (χ1n) is 6.24. The van der Waals surface area contributed by atoms with Gasteiger partial charge in [0.1, 0.15) is 17.2 Å². The zero-order valence-electron chi connectivity index (χ0n) is 11.5. The highest BCUT2D eigenvalue weighted by Gasteiger charge is 2.34. The molecule has 0 amide bonds. The van der Waals surface area contributed by atoms with Crippen LogP contribution in [0.2, 0.25) is 0 Å². The minimum atomic E-state index is -4.56. The Morgan fingerprint density at radius 2 is 2.05 bits per heavy atom. The molecule has 0 aliphatic rings. The molecule has 0 fully saturated rings. The van der Waals surface area contributed by atoms with Crippen LogP contribution in [-0.2, 0) is 19.6 Å². The zero-order chi connectivity index (χ0) is 15.9. The third kappa shape index (κ3) is 2.51. The Bertz CT molecular complexity index is 823. The fourth-order valence-electron chi connectivity index (χ4n) is 1.84. The molecule has 7 nitrogen and oxygen atoms in total. The number of aromatic nitrogens is 7. The molecule has 3 rings (SSSR count). The molecular formula is C11H10F3N7S. The maximum atomic E-state index is 12.9. The van der Waals surface area contributed by atoms with E-state index in [1.54, 1.807) is 11.6 Å². The van der Waals surface area contributed by atoms with Gasteiger partial charge in [-0.25, -0.2) is 4.98 Å². The first-order chi connectivity index (χ1) is 10.4. The minimum Gasteiger partial charge on any atom is -0.309 e. The van der Waals surface area contributed by atoms with Gasteiger partial charge in [-0.2, -0.15) is 27.8 Å². The lowest BCUT2D eigenvalue weighted by molar-refractivity contribution is -0.141. The summed E-state index contributed by atoms with van der Waals surface area (Å²) in [5, 5.41) is 12.5. The molecule has 0 saturated heterocycles. The lowest BCUT2D eigenvalue weighted by atomic mass is 10.4. The molecular weight excluding hydrogens is 319 g/mol. The zero-order valence-corrected chi connectivity index (χ0v) is 12.4. The fraction of sp³-hybridized carbons (Fsp3) is 0.364. The van der Waals surface area contributed by atoms with Crippen molar-refractivity contribution in [2.75, 3.05) is 0 Å². The van der Waals surface area contributed by atoms with Gasteiger partial charge >= 0.3 is 6.18 Å². The topological polar surface area (TPSA) is 73.8 Å². The molecule has 11 heteroatoms. The molecule has 0 bridgehead atoms. The van der Waals surface area contributed by atoms with Gasteiger partial charge < -0.3 is 4.57 Å². The quantitative estimate of drug-likeness (QED) is 0.684. The molecule has 0 radical (unpaired) electrons. The summed E-state index contributed by atoms with van der Waals surface area (Å²) in [6, 6.07) is 0.923. The minimum absolute atomic E-state index is 0.116. The Hall–Kier alpha value is -2.17. The summed E-state index contributed by atoms with van der Waals surface area (Å²) < 4.78 is 41.7. The van der Waals surface area contributed by atoms with Crippen molar-refractivity contribution in [1.29, 1.82) is 0 Å². The van der Waals surface area contributed by atoms with Crippen LogP contribution in [0.5, 0.6) is 0 Å². The van der Waals surface area contributed by atoms with Crippen LogP contribution in [0.15, 0.2) is 22.6 Å². The highest BCUT2D eigenvalue weighted by atomic mass is 32.2. The number of hydrogen-bond acceptors (Lipinski definition) is 6. The number of fused-ring (bicyclic) bond motifs is 1. The third-order valence-electron chi connectivity index (χ3n) is 2.95. The maximum Gasteiger partial charge on any atom is 0.433 e. The van der Waals surface area contributed by atoms with E-state index < -0.39 is 11.9 Å². The second-order valence-electron chi connectivity index (χ2n) is 4.36. The summed E-state index contributed by atoms with van der Waals surface area (Å²) in [6.45, 7) is 1.92. The van der Waals surface area contributed by atoms with Crippen LogP contribution in [0.3, 0.4) is 0 Å². The number of hydrogen-bond donors (Lipinski definition) is 0. The second-order valence-corrected chi connectivity index (χ2v) is 5.35. The molecule has 3 aromatic rings. The monoisotopic (exact) mass is 329 g/mol. The van der Waals surface area contributed by atoms with Crippen molar-refractivity contribution in [1.82, 2.24) is 34.3 Å². The predicted molar refractivity (Wildman–Crippen MR) is 70.3 cm³/mol. The van der Waals surface area contributed by atoms with Gasteiger partial charge in [0.25, 0.3) is 5.78 Å². The number of halogens is 3. The maximum absolute atomic E-state index is 12.9. The van der Waals surface area contributed by atoms with Crippen LogP contribution >= 0.6 is 11.8 Å². The first kappa shape index (κ1) is 14.8. The van der Waals surface area contributed by atoms with Crippen LogP contribution < -0.4 is 0 Å². The number of alkyl halides is 3. The van der Waals surface area contributed by atoms with Crippen molar-refractivity contribution < 1.29 is 13.2 Å². The smallest absolute Gasteiger partial charge is 0.309 e. The Morgan fingerprint density at radius 3 is 2.68 bits per heavy atom. The molecule has 0 atom stereocenters. The van der Waals surface area contributed by atoms with E-state index in [0.717, 1.165) is 30.0 Å². The Labute approximate surface area is 126 Å². The molecule has 3 heterocycles. The van der Waals surface area contributed by atoms with Crippen LogP contribution in [0.25, 0.3) is 5.78 Å². The fourth-order valence-corrected chi connectivity index (χ4v) is 2.74. The predicted octanol–water partition coefficient (Wildman–Crippen LogP) is 1.99. The normalized spacial score (nSPS) is 12.2. The molecule has 3 aromatic heterocycles. The van der Waals surface area contributed by atoms with E-state index in [2.05, 4.69) is 25.3 Å². The Kier molecular flexibility index (Phi) is 3.51. The summed E-state index contributed by atoms with van der Waals surface area (Å²) in [4.78, 5) is 7.18. The number of nitrogens with zero attached hydrogens (tertiary/aromatic N) is 7. The molecule has 0 unspecified atom stereocenters. The molecule has 0 aliphatic carbocycles. The van der Waals surface area contributed by atoms with Crippen molar-refractivity contribution in [2.24, 2.45) is 7.05 Å². The van der Waals surface area contributed by atoms with E-state index in [0.29, 0.717) is 11.6 Å². The number of rotatable bonds is 3. The summed E-state index contributed by atoms with van der Waals surface area (Å²) in [7, 11) is 1.76. The van der Waals surface area contributed by atoms with E-state index in [4.69, 9.17) is 0 Å². The van der Waals surface area contributed by atoms with Crippen molar-refractivity contribution in [3.63, 3.8) is 0 Å². The average molecular weight is 329 g/mol. The SMILES string of the molecule is CCc1nnc(Sc2cc(C(F)(F)F)nc3ncnn23)n1C. The van der Waals surface area contributed by atoms with Crippen LogP contribution in [0.1, 0.15) is 18.4 Å². The average Bonchev–Trinajstić information content (AvgIpc) is 3.05. The second kappa shape index (κ2) is 5.23. The number of aryl methyl sites for hydroxylation is 1. The third-order valence-corrected chi connectivity index (χ3v) is 3.98. The van der Waals surface area contributed by atoms with Gasteiger partial charge in [0, 0.05) is 19.5 Å². The van der Waals surface area contributed by atoms with Crippen LogP contribution in [0, 0.1) is 0 Å². The molecule has 116 valence electrons. The lowest BCUT2D eigenvalue weighted by Crippen LogP contribution is -2.11. The Morgan fingerprint density at radius 1 is 1.27 bits per heavy atom. The molecule has 0 aliphatic heterocycles. The van der Waals surface area contributed by atoms with Crippen LogP contribution in [0.4, 0.5) is 13.2 Å². The van der Waals surface area contributed by atoms with Crippen molar-refractivity contribution in [3.8, 4) is 0 Å². The standard InChI is InChI=1S/C11H10F3N7S/c1-3-7-18-19-10(20(7)2)22-8-4-6(11(12,13)14)17-9-15-5-16-21(8)9/h4-5H,3H2,1-2H3. The summed E-state index contributed by atoms with van der Waals surface area (Å²) in [6.07, 6.45) is -2.73. The highest BCUT2D eigenvalue weighted by molar-refractivity contribution is 7.99. The van der Waals surface area contributed by atoms with E-state index in [1.165, 1.54) is 4.52 Å². The highest BCUT2D eigenvalue weighted by Crippen LogP contribution is 2.32. The van der Waals surface area contributed by atoms with E-state index in [-0.39, 0.29) is 10.8 Å². The van der Waals surface area contributed by atoms with Crippen molar-refractivity contribution in [3.05, 3.63) is 23.9 Å². The molecule has 22 heavy (non-hydrogen) atoms. The lowest BCUT2D eigenvalue weighted by Gasteiger charge is -2.09. The largest absolute Gasteiger partial charge is 0.433 e. The van der Waals surface area contributed by atoms with Gasteiger partial charge in [-0.3, -0.25) is 0 Å². The van der Waals surface area contributed by atoms with Gasteiger partial charge in [0.15, 0.2) is 10.9 Å².